The summed E-state index contributed by atoms with van der Waals surface area (Å²) in [6.45, 7) is 0. The van der Waals surface area contributed by atoms with Crippen LogP contribution in [-0.2, 0) is 0 Å². The third-order valence-corrected chi connectivity index (χ3v) is 2.16. The summed E-state index contributed by atoms with van der Waals surface area (Å²) >= 11 is 2.90. The molecule has 0 fully saturated rings. The molecule has 0 amide bonds. The third-order valence-electron chi connectivity index (χ3n) is 1.54. The molecule has 1 nitrogen and oxygen atoms in total. The van der Waals surface area contributed by atoms with Crippen LogP contribution in [0.25, 0.3) is 0 Å². The third kappa shape index (κ3) is 2.22. The number of halogens is 4. The van der Waals surface area contributed by atoms with Crippen LogP contribution in [0.3, 0.4) is 0 Å². The number of aliphatic hydroxyl groups excluding tert-OH is 1. The van der Waals surface area contributed by atoms with Crippen molar-refractivity contribution in [3.8, 4) is 0 Å². The van der Waals surface area contributed by atoms with Crippen molar-refractivity contribution < 1.29 is 18.3 Å². The van der Waals surface area contributed by atoms with Crippen molar-refractivity contribution in [1.82, 2.24) is 0 Å². The van der Waals surface area contributed by atoms with E-state index in [1.165, 1.54) is 0 Å². The van der Waals surface area contributed by atoms with E-state index in [0.717, 1.165) is 0 Å². The minimum atomic E-state index is -1.26. The first-order valence-corrected chi connectivity index (χ1v) is 4.57. The van der Waals surface area contributed by atoms with Crippen molar-refractivity contribution >= 4 is 15.9 Å². The zero-order valence-corrected chi connectivity index (χ0v) is 7.98. The molecule has 1 N–H and O–H groups in total. The predicted octanol–water partition coefficient (Wildman–Crippen LogP) is 2.53. The van der Waals surface area contributed by atoms with E-state index in [9.17, 15) is 13.2 Å². The molecule has 0 radical (unpaired) electrons. The quantitative estimate of drug-likeness (QED) is 0.636. The van der Waals surface area contributed by atoms with Gasteiger partial charge in [-0.2, -0.15) is 0 Å². The van der Waals surface area contributed by atoms with Crippen LogP contribution < -0.4 is 0 Å². The van der Waals surface area contributed by atoms with Gasteiger partial charge in [0.05, 0.1) is 6.10 Å². The lowest BCUT2D eigenvalue weighted by atomic mass is 10.1. The minimum Gasteiger partial charge on any atom is -0.387 e. The molecule has 1 aromatic carbocycles. The van der Waals surface area contributed by atoms with Crippen LogP contribution in [0.15, 0.2) is 12.1 Å². The Bertz CT molecular complexity index is 317. The summed E-state index contributed by atoms with van der Waals surface area (Å²) in [4.78, 5) is 0. The number of hydrogen-bond donors (Lipinski definition) is 1. The lowest BCUT2D eigenvalue weighted by Gasteiger charge is -2.08. The molecule has 0 aromatic heterocycles. The van der Waals surface area contributed by atoms with E-state index < -0.39 is 23.6 Å². The SMILES string of the molecule is OC(CBr)c1cc(F)c(F)cc1F. The Morgan fingerprint density at radius 2 is 1.69 bits per heavy atom. The molecular formula is C8H6BrF3O. The Morgan fingerprint density at radius 3 is 2.23 bits per heavy atom. The second kappa shape index (κ2) is 4.11. The predicted molar refractivity (Wildman–Crippen MR) is 45.1 cm³/mol. The topological polar surface area (TPSA) is 20.2 Å². The highest BCUT2D eigenvalue weighted by Crippen LogP contribution is 2.21. The van der Waals surface area contributed by atoms with Gasteiger partial charge in [-0.25, -0.2) is 13.2 Å². The molecule has 0 aliphatic carbocycles. The largest absolute Gasteiger partial charge is 0.387 e. The van der Waals surface area contributed by atoms with E-state index in [-0.39, 0.29) is 10.9 Å². The first-order chi connectivity index (χ1) is 6.06. The lowest BCUT2D eigenvalue weighted by Crippen LogP contribution is -2.03. The molecule has 5 heteroatoms. The Balaban J connectivity index is 3.15. The van der Waals surface area contributed by atoms with Crippen LogP contribution in [0, 0.1) is 17.5 Å². The monoisotopic (exact) mass is 254 g/mol. The molecule has 0 aliphatic rings. The van der Waals surface area contributed by atoms with Crippen LogP contribution in [0.5, 0.6) is 0 Å². The molecule has 1 unspecified atom stereocenters. The fourth-order valence-electron chi connectivity index (χ4n) is 0.876. The van der Waals surface area contributed by atoms with E-state index >= 15 is 0 Å². The summed E-state index contributed by atoms with van der Waals surface area (Å²) < 4.78 is 37.9. The van der Waals surface area contributed by atoms with E-state index in [1.54, 1.807) is 0 Å². The Labute approximate surface area is 81.3 Å². The highest BCUT2D eigenvalue weighted by atomic mass is 79.9. The van der Waals surface area contributed by atoms with Crippen LogP contribution in [0.2, 0.25) is 0 Å². The fraction of sp³-hybridized carbons (Fsp3) is 0.250. The number of rotatable bonds is 2. The van der Waals surface area contributed by atoms with Gasteiger partial charge in [-0.05, 0) is 6.07 Å². The van der Waals surface area contributed by atoms with E-state index in [4.69, 9.17) is 5.11 Å². The smallest absolute Gasteiger partial charge is 0.161 e. The van der Waals surface area contributed by atoms with Crippen LogP contribution >= 0.6 is 15.9 Å². The van der Waals surface area contributed by atoms with Gasteiger partial charge < -0.3 is 5.11 Å². The number of aliphatic hydroxyl groups is 1. The molecule has 1 atom stereocenters. The average molecular weight is 255 g/mol. The van der Waals surface area contributed by atoms with Gasteiger partial charge in [0.2, 0.25) is 0 Å². The number of hydrogen-bond acceptors (Lipinski definition) is 1. The van der Waals surface area contributed by atoms with Gasteiger partial charge in [0.15, 0.2) is 11.6 Å². The fourth-order valence-corrected chi connectivity index (χ4v) is 1.23. The van der Waals surface area contributed by atoms with Gasteiger partial charge in [-0.3, -0.25) is 0 Å². The Hall–Kier alpha value is -0.550. The number of benzene rings is 1. The molecule has 72 valence electrons. The van der Waals surface area contributed by atoms with E-state index in [1.807, 2.05) is 0 Å². The molecule has 0 saturated carbocycles. The summed E-state index contributed by atoms with van der Waals surface area (Å²) in [5.74, 6) is -3.38. The molecule has 0 spiro atoms. The van der Waals surface area contributed by atoms with Crippen molar-refractivity contribution in [2.75, 3.05) is 5.33 Å². The standard InChI is InChI=1S/C8H6BrF3O/c9-3-8(13)4-1-6(11)7(12)2-5(4)10/h1-2,8,13H,3H2. The lowest BCUT2D eigenvalue weighted by molar-refractivity contribution is 0.199. The van der Waals surface area contributed by atoms with Crippen LogP contribution in [0.4, 0.5) is 13.2 Å². The van der Waals surface area contributed by atoms with E-state index in [0.29, 0.717) is 12.1 Å². The van der Waals surface area contributed by atoms with E-state index in [2.05, 4.69) is 15.9 Å². The van der Waals surface area contributed by atoms with Crippen LogP contribution in [0.1, 0.15) is 11.7 Å². The van der Waals surface area contributed by atoms with Crippen molar-refractivity contribution in [1.29, 1.82) is 0 Å². The summed E-state index contributed by atoms with van der Waals surface area (Å²) in [5, 5.41) is 9.21. The molecule has 1 rings (SSSR count). The summed E-state index contributed by atoms with van der Waals surface area (Å²) in [5.41, 5.74) is -0.254. The van der Waals surface area contributed by atoms with Gasteiger partial charge in [0.1, 0.15) is 5.82 Å². The molecule has 1 aromatic rings. The molecule has 0 bridgehead atoms. The Morgan fingerprint density at radius 1 is 1.15 bits per heavy atom. The number of alkyl halides is 1. The zero-order chi connectivity index (χ0) is 10.0. The van der Waals surface area contributed by atoms with Gasteiger partial charge in [0.25, 0.3) is 0 Å². The van der Waals surface area contributed by atoms with Crippen molar-refractivity contribution in [2.24, 2.45) is 0 Å². The normalized spacial score (nSPS) is 13.0. The molecule has 0 heterocycles. The highest BCUT2D eigenvalue weighted by molar-refractivity contribution is 9.09. The summed E-state index contributed by atoms with van der Waals surface area (Å²) in [6, 6.07) is 1.06. The Kier molecular flexibility index (Phi) is 3.33. The summed E-state index contributed by atoms with van der Waals surface area (Å²) in [7, 11) is 0. The second-order valence-corrected chi connectivity index (χ2v) is 3.11. The zero-order valence-electron chi connectivity index (χ0n) is 6.40. The summed E-state index contributed by atoms with van der Waals surface area (Å²) in [6.07, 6.45) is -1.17. The first kappa shape index (κ1) is 10.5. The van der Waals surface area contributed by atoms with Gasteiger partial charge >= 0.3 is 0 Å². The maximum Gasteiger partial charge on any atom is 0.161 e. The van der Waals surface area contributed by atoms with Crippen molar-refractivity contribution in [3.05, 3.63) is 35.1 Å². The van der Waals surface area contributed by atoms with Crippen molar-refractivity contribution in [2.45, 2.75) is 6.10 Å². The second-order valence-electron chi connectivity index (χ2n) is 2.46. The maximum atomic E-state index is 12.9. The van der Waals surface area contributed by atoms with Crippen molar-refractivity contribution in [3.63, 3.8) is 0 Å². The average Bonchev–Trinajstić information content (AvgIpc) is 2.10. The first-order valence-electron chi connectivity index (χ1n) is 3.44. The van der Waals surface area contributed by atoms with Gasteiger partial charge in [-0.15, -0.1) is 0 Å². The van der Waals surface area contributed by atoms with Gasteiger partial charge in [-0.1, -0.05) is 15.9 Å². The molecule has 0 aliphatic heterocycles. The van der Waals surface area contributed by atoms with Gasteiger partial charge in [0, 0.05) is 17.0 Å². The maximum absolute atomic E-state index is 12.9. The van der Waals surface area contributed by atoms with Crippen LogP contribution in [-0.4, -0.2) is 10.4 Å². The highest BCUT2D eigenvalue weighted by Gasteiger charge is 2.15. The molecule has 13 heavy (non-hydrogen) atoms. The molecule has 0 saturated heterocycles. The molecular weight excluding hydrogens is 249 g/mol. The minimum absolute atomic E-state index is 0.0645.